The van der Waals surface area contributed by atoms with Gasteiger partial charge in [0.05, 0.1) is 24.6 Å². The van der Waals surface area contributed by atoms with Crippen molar-refractivity contribution in [3.63, 3.8) is 0 Å². The first-order valence-corrected chi connectivity index (χ1v) is 11.2. The fourth-order valence-electron chi connectivity index (χ4n) is 4.07. The Morgan fingerprint density at radius 2 is 1.81 bits per heavy atom. The van der Waals surface area contributed by atoms with Crippen molar-refractivity contribution < 1.29 is 18.7 Å². The molecule has 32 heavy (non-hydrogen) atoms. The number of rotatable bonds is 9. The molecule has 0 aliphatic carbocycles. The van der Waals surface area contributed by atoms with E-state index >= 15 is 0 Å². The van der Waals surface area contributed by atoms with Gasteiger partial charge in [-0.15, -0.1) is 0 Å². The Hall–Kier alpha value is -2.87. The molecule has 1 aliphatic heterocycles. The van der Waals surface area contributed by atoms with Gasteiger partial charge in [0.1, 0.15) is 5.82 Å². The van der Waals surface area contributed by atoms with E-state index in [0.29, 0.717) is 31.6 Å². The fraction of sp³-hybridized carbons (Fsp3) is 0.500. The number of aromatic nitrogens is 1. The number of pyridine rings is 1. The van der Waals surface area contributed by atoms with Crippen molar-refractivity contribution in [2.45, 2.75) is 53.1 Å². The largest absolute Gasteiger partial charge is 0.491 e. The highest BCUT2D eigenvalue weighted by Crippen LogP contribution is 2.33. The minimum atomic E-state index is -0.469. The second-order valence-corrected chi connectivity index (χ2v) is 7.86. The van der Waals surface area contributed by atoms with Crippen molar-refractivity contribution in [3.05, 3.63) is 41.3 Å². The number of halogens is 1. The summed E-state index contributed by atoms with van der Waals surface area (Å²) in [4.78, 5) is 18.3. The molecule has 2 heterocycles. The van der Waals surface area contributed by atoms with E-state index in [-0.39, 0.29) is 17.4 Å². The van der Waals surface area contributed by atoms with E-state index < -0.39 is 5.82 Å². The molecule has 0 saturated carbocycles. The van der Waals surface area contributed by atoms with E-state index in [9.17, 15) is 9.18 Å². The Bertz CT molecular complexity index is 904. The molecule has 2 N–H and O–H groups in total. The van der Waals surface area contributed by atoms with Crippen LogP contribution in [0.25, 0.3) is 0 Å². The number of hydrogen-bond donors (Lipinski definition) is 2. The van der Waals surface area contributed by atoms with Gasteiger partial charge in [0.25, 0.3) is 0 Å². The van der Waals surface area contributed by atoms with Crippen LogP contribution in [0.5, 0.6) is 11.5 Å². The van der Waals surface area contributed by atoms with Crippen LogP contribution in [0.2, 0.25) is 0 Å². The predicted molar refractivity (Wildman–Crippen MR) is 124 cm³/mol. The van der Waals surface area contributed by atoms with Gasteiger partial charge in [-0.25, -0.2) is 4.98 Å². The maximum absolute atomic E-state index is 14.7. The first-order chi connectivity index (χ1) is 15.4. The Kier molecular flexibility index (Phi) is 8.27. The number of anilines is 2. The van der Waals surface area contributed by atoms with Crippen LogP contribution in [-0.2, 0) is 11.3 Å². The number of carbonyl (C=O) groups is 1. The van der Waals surface area contributed by atoms with Crippen LogP contribution in [0.1, 0.15) is 44.9 Å². The summed E-state index contributed by atoms with van der Waals surface area (Å²) in [5, 5.41) is 6.15. The molecule has 1 aromatic heterocycles. The van der Waals surface area contributed by atoms with Crippen LogP contribution < -0.4 is 25.0 Å². The zero-order valence-corrected chi connectivity index (χ0v) is 19.3. The first kappa shape index (κ1) is 23.8. The molecule has 2 aromatic rings. The van der Waals surface area contributed by atoms with Crippen molar-refractivity contribution >= 4 is 17.4 Å². The SMILES string of the molecule is CCOc1cc(CN(c2ccc(NC(C)=O)nc2C)C2CCNCC2)cc(OCC)c1F. The third kappa shape index (κ3) is 5.88. The first-order valence-electron chi connectivity index (χ1n) is 11.2. The second kappa shape index (κ2) is 11.1. The third-order valence-electron chi connectivity index (χ3n) is 5.44. The molecule has 0 atom stereocenters. The number of benzene rings is 1. The van der Waals surface area contributed by atoms with E-state index in [2.05, 4.69) is 20.5 Å². The molecule has 174 valence electrons. The second-order valence-electron chi connectivity index (χ2n) is 7.86. The summed E-state index contributed by atoms with van der Waals surface area (Å²) in [6, 6.07) is 7.62. The summed E-state index contributed by atoms with van der Waals surface area (Å²) in [5.74, 6) is 0.314. The molecule has 3 rings (SSSR count). The van der Waals surface area contributed by atoms with Gasteiger partial charge in [-0.1, -0.05) is 0 Å². The van der Waals surface area contributed by atoms with Gasteiger partial charge < -0.3 is 25.0 Å². The normalized spacial score (nSPS) is 14.2. The van der Waals surface area contributed by atoms with E-state index in [0.717, 1.165) is 42.9 Å². The molecular formula is C24H33FN4O3. The van der Waals surface area contributed by atoms with Gasteiger partial charge in [-0.05, 0) is 76.5 Å². The monoisotopic (exact) mass is 444 g/mol. The van der Waals surface area contributed by atoms with E-state index in [4.69, 9.17) is 9.47 Å². The standard InChI is InChI=1S/C24H33FN4O3/c1-5-31-21-13-18(14-22(24(21)25)32-6-2)15-29(19-9-11-26-12-10-19)20-7-8-23(27-16(20)3)28-17(4)30/h7-8,13-14,19,26H,5-6,9-12,15H2,1-4H3,(H,27,28,30). The molecule has 1 saturated heterocycles. The summed E-state index contributed by atoms with van der Waals surface area (Å²) in [6.45, 7) is 10.3. The third-order valence-corrected chi connectivity index (χ3v) is 5.44. The summed E-state index contributed by atoms with van der Waals surface area (Å²) in [6.07, 6.45) is 1.98. The Morgan fingerprint density at radius 3 is 2.34 bits per heavy atom. The van der Waals surface area contributed by atoms with Gasteiger partial charge >= 0.3 is 0 Å². The lowest BCUT2D eigenvalue weighted by Gasteiger charge is -2.37. The summed E-state index contributed by atoms with van der Waals surface area (Å²) >= 11 is 0. The fourth-order valence-corrected chi connectivity index (χ4v) is 4.07. The van der Waals surface area contributed by atoms with E-state index in [1.807, 2.05) is 32.9 Å². The summed E-state index contributed by atoms with van der Waals surface area (Å²) < 4.78 is 25.8. The molecule has 0 radical (unpaired) electrons. The van der Waals surface area contributed by atoms with Gasteiger partial charge in [-0.3, -0.25) is 4.79 Å². The van der Waals surface area contributed by atoms with Crippen LogP contribution in [0, 0.1) is 12.7 Å². The van der Waals surface area contributed by atoms with Crippen molar-refractivity contribution in [1.29, 1.82) is 0 Å². The van der Waals surface area contributed by atoms with Crippen LogP contribution in [0.3, 0.4) is 0 Å². The molecular weight excluding hydrogens is 411 g/mol. The number of ether oxygens (including phenoxy) is 2. The van der Waals surface area contributed by atoms with Gasteiger partial charge in [-0.2, -0.15) is 4.39 Å². The molecule has 1 aliphatic rings. The highest BCUT2D eigenvalue weighted by Gasteiger charge is 2.25. The Balaban J connectivity index is 1.98. The van der Waals surface area contributed by atoms with E-state index in [1.54, 1.807) is 12.1 Å². The molecule has 0 spiro atoms. The number of nitrogens with one attached hydrogen (secondary N) is 2. The van der Waals surface area contributed by atoms with Crippen LogP contribution in [0.15, 0.2) is 24.3 Å². The smallest absolute Gasteiger partial charge is 0.222 e. The van der Waals surface area contributed by atoms with Gasteiger partial charge in [0.15, 0.2) is 11.5 Å². The van der Waals surface area contributed by atoms with Gasteiger partial charge in [0.2, 0.25) is 11.7 Å². The Labute approximate surface area is 189 Å². The summed E-state index contributed by atoms with van der Waals surface area (Å²) in [5.41, 5.74) is 2.72. The molecule has 7 nitrogen and oxygen atoms in total. The molecule has 0 unspecified atom stereocenters. The molecule has 8 heteroatoms. The summed E-state index contributed by atoms with van der Waals surface area (Å²) in [7, 11) is 0. The maximum atomic E-state index is 14.7. The molecule has 0 bridgehead atoms. The lowest BCUT2D eigenvalue weighted by atomic mass is 10.0. The lowest BCUT2D eigenvalue weighted by molar-refractivity contribution is -0.114. The minimum Gasteiger partial charge on any atom is -0.491 e. The molecule has 1 aromatic carbocycles. The average molecular weight is 445 g/mol. The lowest BCUT2D eigenvalue weighted by Crippen LogP contribution is -2.43. The predicted octanol–water partition coefficient (Wildman–Crippen LogP) is 4.04. The Morgan fingerprint density at radius 1 is 1.19 bits per heavy atom. The quantitative estimate of drug-likeness (QED) is 0.608. The maximum Gasteiger partial charge on any atom is 0.222 e. The average Bonchev–Trinajstić information content (AvgIpc) is 2.76. The van der Waals surface area contributed by atoms with Crippen molar-refractivity contribution in [2.75, 3.05) is 36.5 Å². The highest BCUT2D eigenvalue weighted by atomic mass is 19.1. The zero-order valence-electron chi connectivity index (χ0n) is 19.3. The van der Waals surface area contributed by atoms with Crippen molar-refractivity contribution in [2.24, 2.45) is 0 Å². The van der Waals surface area contributed by atoms with Crippen molar-refractivity contribution in [3.8, 4) is 11.5 Å². The molecule has 1 fully saturated rings. The number of amides is 1. The number of carbonyl (C=O) groups excluding carboxylic acids is 1. The number of aryl methyl sites for hydroxylation is 1. The van der Waals surface area contributed by atoms with Gasteiger partial charge in [0, 0.05) is 19.5 Å². The van der Waals surface area contributed by atoms with E-state index in [1.165, 1.54) is 6.92 Å². The number of hydrogen-bond acceptors (Lipinski definition) is 6. The number of nitrogens with zero attached hydrogens (tertiary/aromatic N) is 2. The molecule has 1 amide bonds. The highest BCUT2D eigenvalue weighted by molar-refractivity contribution is 5.87. The van der Waals surface area contributed by atoms with Crippen molar-refractivity contribution in [1.82, 2.24) is 10.3 Å². The van der Waals surface area contributed by atoms with Crippen LogP contribution in [-0.4, -0.2) is 43.2 Å². The number of piperidine rings is 1. The topological polar surface area (TPSA) is 75.7 Å². The van der Waals surface area contributed by atoms with Crippen LogP contribution >= 0.6 is 0 Å². The van der Waals surface area contributed by atoms with Crippen LogP contribution in [0.4, 0.5) is 15.9 Å². The zero-order chi connectivity index (χ0) is 23.1. The minimum absolute atomic E-state index is 0.155.